The molecule has 0 radical (unpaired) electrons. The summed E-state index contributed by atoms with van der Waals surface area (Å²) in [6.45, 7) is 6.55. The van der Waals surface area contributed by atoms with Gasteiger partial charge in [-0.1, -0.05) is 13.8 Å². The molecule has 0 aliphatic rings. The van der Waals surface area contributed by atoms with Crippen LogP contribution in [0.5, 0.6) is 0 Å². The summed E-state index contributed by atoms with van der Waals surface area (Å²) in [6, 6.07) is 1.74. The number of ether oxygens (including phenoxy) is 1. The first-order valence-electron chi connectivity index (χ1n) is 6.01. The fourth-order valence-electron chi connectivity index (χ4n) is 1.39. The van der Waals surface area contributed by atoms with Crippen molar-refractivity contribution >= 4 is 27.9 Å². The number of rotatable bonds is 8. The third kappa shape index (κ3) is 4.93. The lowest BCUT2D eigenvalue weighted by Gasteiger charge is -2.07. The van der Waals surface area contributed by atoms with Gasteiger partial charge < -0.3 is 21.5 Å². The average molecular weight is 271 g/mol. The molecule has 102 valence electrons. The van der Waals surface area contributed by atoms with Gasteiger partial charge in [0.25, 0.3) is 5.91 Å². The Balaban J connectivity index is 2.23. The van der Waals surface area contributed by atoms with E-state index in [2.05, 4.69) is 19.2 Å². The molecular weight excluding hydrogens is 250 g/mol. The van der Waals surface area contributed by atoms with Gasteiger partial charge in [-0.3, -0.25) is 4.79 Å². The van der Waals surface area contributed by atoms with Gasteiger partial charge in [-0.2, -0.15) is 0 Å². The maximum absolute atomic E-state index is 11.0. The molecule has 0 aromatic carbocycles. The van der Waals surface area contributed by atoms with Gasteiger partial charge in [-0.15, -0.1) is 11.3 Å². The number of amides is 1. The van der Waals surface area contributed by atoms with Crippen molar-refractivity contribution < 1.29 is 9.53 Å². The van der Waals surface area contributed by atoms with E-state index in [1.165, 1.54) is 11.3 Å². The molecule has 0 aliphatic heterocycles. The zero-order valence-electron chi connectivity index (χ0n) is 10.9. The highest BCUT2D eigenvalue weighted by Gasteiger charge is 2.10. The summed E-state index contributed by atoms with van der Waals surface area (Å²) >= 11 is 1.28. The van der Waals surface area contributed by atoms with Crippen molar-refractivity contribution in [3.63, 3.8) is 0 Å². The molecule has 1 aromatic rings. The van der Waals surface area contributed by atoms with Crippen molar-refractivity contribution in [2.75, 3.05) is 30.8 Å². The minimum atomic E-state index is -0.481. The molecule has 0 aliphatic carbocycles. The normalized spacial score (nSPS) is 10.8. The highest BCUT2D eigenvalue weighted by Crippen LogP contribution is 2.28. The van der Waals surface area contributed by atoms with Crippen molar-refractivity contribution in [1.29, 1.82) is 0 Å². The minimum Gasteiger partial charge on any atom is -0.397 e. The van der Waals surface area contributed by atoms with Crippen LogP contribution < -0.4 is 16.8 Å². The molecule has 0 spiro atoms. The highest BCUT2D eigenvalue weighted by molar-refractivity contribution is 7.18. The van der Waals surface area contributed by atoms with E-state index in [1.807, 2.05) is 0 Å². The number of nitrogens with one attached hydrogen (secondary N) is 1. The van der Waals surface area contributed by atoms with Crippen molar-refractivity contribution in [2.45, 2.75) is 20.3 Å². The van der Waals surface area contributed by atoms with Crippen LogP contribution in [0, 0.1) is 5.92 Å². The van der Waals surface area contributed by atoms with Crippen LogP contribution in [0.15, 0.2) is 6.07 Å². The first-order chi connectivity index (χ1) is 8.50. The number of nitrogens with two attached hydrogens (primary N) is 2. The fourth-order valence-corrected chi connectivity index (χ4v) is 2.25. The second-order valence-electron chi connectivity index (χ2n) is 4.51. The third-order valence-corrected chi connectivity index (χ3v) is 3.32. The van der Waals surface area contributed by atoms with E-state index in [-0.39, 0.29) is 0 Å². The second kappa shape index (κ2) is 7.23. The zero-order valence-corrected chi connectivity index (χ0v) is 11.7. The van der Waals surface area contributed by atoms with Crippen LogP contribution in [0.4, 0.5) is 10.7 Å². The van der Waals surface area contributed by atoms with Crippen LogP contribution in [0.2, 0.25) is 0 Å². The molecule has 0 bridgehead atoms. The van der Waals surface area contributed by atoms with Crippen LogP contribution in [0.3, 0.4) is 0 Å². The first kappa shape index (κ1) is 14.8. The lowest BCUT2D eigenvalue weighted by Crippen LogP contribution is -2.10. The third-order valence-electron chi connectivity index (χ3n) is 2.20. The molecule has 1 rings (SSSR count). The van der Waals surface area contributed by atoms with Gasteiger partial charge in [-0.25, -0.2) is 0 Å². The molecule has 1 heterocycles. The van der Waals surface area contributed by atoms with Crippen molar-refractivity contribution in [1.82, 2.24) is 0 Å². The lowest BCUT2D eigenvalue weighted by atomic mass is 10.2. The van der Waals surface area contributed by atoms with E-state index < -0.39 is 5.91 Å². The number of carbonyl (C=O) groups is 1. The molecular formula is C12H21N3O2S. The number of thiophene rings is 1. The highest BCUT2D eigenvalue weighted by atomic mass is 32.1. The van der Waals surface area contributed by atoms with Gasteiger partial charge in [0.1, 0.15) is 4.88 Å². The van der Waals surface area contributed by atoms with E-state index in [0.717, 1.165) is 31.2 Å². The molecule has 0 saturated heterocycles. The van der Waals surface area contributed by atoms with E-state index in [4.69, 9.17) is 16.2 Å². The Labute approximate surface area is 111 Å². The number of hydrogen-bond donors (Lipinski definition) is 3. The van der Waals surface area contributed by atoms with Gasteiger partial charge in [0.05, 0.1) is 10.7 Å². The Morgan fingerprint density at radius 1 is 1.56 bits per heavy atom. The summed E-state index contributed by atoms with van der Waals surface area (Å²) in [5, 5.41) is 4.07. The monoisotopic (exact) mass is 271 g/mol. The Kier molecular flexibility index (Phi) is 5.94. The SMILES string of the molecule is CC(C)COCCCNc1cc(N)c(C(N)=O)s1. The lowest BCUT2D eigenvalue weighted by molar-refractivity contribution is 0.100. The molecule has 0 atom stereocenters. The van der Waals surface area contributed by atoms with Gasteiger partial charge in [0.2, 0.25) is 0 Å². The largest absolute Gasteiger partial charge is 0.397 e. The van der Waals surface area contributed by atoms with Crippen molar-refractivity contribution in [3.8, 4) is 0 Å². The summed E-state index contributed by atoms with van der Waals surface area (Å²) < 4.78 is 5.46. The van der Waals surface area contributed by atoms with E-state index in [1.54, 1.807) is 6.07 Å². The summed E-state index contributed by atoms with van der Waals surface area (Å²) in [6.07, 6.45) is 0.913. The summed E-state index contributed by atoms with van der Waals surface area (Å²) in [4.78, 5) is 11.4. The molecule has 0 unspecified atom stereocenters. The Hall–Kier alpha value is -1.27. The standard InChI is InChI=1S/C12H21N3O2S/c1-8(2)7-17-5-3-4-15-10-6-9(13)11(18-10)12(14)16/h6,8,15H,3-5,7,13H2,1-2H3,(H2,14,16). The molecule has 5 nitrogen and oxygen atoms in total. The summed E-state index contributed by atoms with van der Waals surface area (Å²) in [5.41, 5.74) is 11.3. The van der Waals surface area contributed by atoms with Gasteiger partial charge in [-0.05, 0) is 18.4 Å². The number of nitrogen functional groups attached to an aromatic ring is 1. The van der Waals surface area contributed by atoms with Crippen LogP contribution >= 0.6 is 11.3 Å². The number of primary amides is 1. The smallest absolute Gasteiger partial charge is 0.260 e. The predicted octanol–water partition coefficient (Wildman–Crippen LogP) is 1.90. The zero-order chi connectivity index (χ0) is 13.5. The van der Waals surface area contributed by atoms with Crippen LogP contribution in [0.25, 0.3) is 0 Å². The van der Waals surface area contributed by atoms with Crippen LogP contribution in [-0.4, -0.2) is 25.7 Å². The van der Waals surface area contributed by atoms with E-state index in [0.29, 0.717) is 16.5 Å². The van der Waals surface area contributed by atoms with Gasteiger partial charge >= 0.3 is 0 Å². The van der Waals surface area contributed by atoms with Gasteiger partial charge in [0.15, 0.2) is 0 Å². The van der Waals surface area contributed by atoms with E-state index >= 15 is 0 Å². The molecule has 6 heteroatoms. The average Bonchev–Trinajstić information content (AvgIpc) is 2.64. The second-order valence-corrected chi connectivity index (χ2v) is 5.56. The molecule has 1 amide bonds. The Bertz CT molecular complexity index is 391. The maximum atomic E-state index is 11.0. The van der Waals surface area contributed by atoms with Crippen LogP contribution in [-0.2, 0) is 4.74 Å². The molecule has 18 heavy (non-hydrogen) atoms. The van der Waals surface area contributed by atoms with Crippen LogP contribution in [0.1, 0.15) is 29.9 Å². The molecule has 0 fully saturated rings. The molecule has 1 aromatic heterocycles. The first-order valence-corrected chi connectivity index (χ1v) is 6.83. The quantitative estimate of drug-likeness (QED) is 0.630. The maximum Gasteiger partial charge on any atom is 0.260 e. The topological polar surface area (TPSA) is 90.4 Å². The van der Waals surface area contributed by atoms with E-state index in [9.17, 15) is 4.79 Å². The minimum absolute atomic E-state index is 0.411. The summed E-state index contributed by atoms with van der Waals surface area (Å²) in [5.74, 6) is 0.0824. The van der Waals surface area contributed by atoms with Crippen molar-refractivity contribution in [2.24, 2.45) is 11.7 Å². The van der Waals surface area contributed by atoms with Gasteiger partial charge in [0, 0.05) is 19.8 Å². The fraction of sp³-hybridized carbons (Fsp3) is 0.583. The van der Waals surface area contributed by atoms with Crippen molar-refractivity contribution in [3.05, 3.63) is 10.9 Å². The summed E-state index contributed by atoms with van der Waals surface area (Å²) in [7, 11) is 0. The Morgan fingerprint density at radius 2 is 2.28 bits per heavy atom. The Morgan fingerprint density at radius 3 is 2.83 bits per heavy atom. The molecule has 5 N–H and O–H groups in total. The number of hydrogen-bond acceptors (Lipinski definition) is 5. The molecule has 0 saturated carbocycles. The number of anilines is 2. The number of carbonyl (C=O) groups excluding carboxylic acids is 1. The predicted molar refractivity (Wildman–Crippen MR) is 76.0 cm³/mol.